The molecule has 0 unspecified atom stereocenters. The minimum absolute atomic E-state index is 0.554. The van der Waals surface area contributed by atoms with E-state index in [1.165, 1.54) is 25.7 Å². The van der Waals surface area contributed by atoms with Crippen LogP contribution in [-0.2, 0) is 0 Å². The van der Waals surface area contributed by atoms with Gasteiger partial charge >= 0.3 is 0 Å². The number of hydrogen-bond acceptors (Lipinski definition) is 2. The number of nitrogens with zero attached hydrogens (tertiary/aromatic N) is 1. The monoisotopic (exact) mass is 299 g/mol. The maximum absolute atomic E-state index is 5.29. The summed E-state index contributed by atoms with van der Waals surface area (Å²) < 4.78 is 0. The van der Waals surface area contributed by atoms with E-state index in [-0.39, 0.29) is 0 Å². The summed E-state index contributed by atoms with van der Waals surface area (Å²) in [6.07, 6.45) is 11.1. The Morgan fingerprint density at radius 2 is 2.05 bits per heavy atom. The van der Waals surface area contributed by atoms with Crippen LogP contribution >= 0.6 is 12.2 Å². The van der Waals surface area contributed by atoms with E-state index in [1.807, 2.05) is 30.4 Å². The van der Waals surface area contributed by atoms with Crippen molar-refractivity contribution in [2.45, 2.75) is 31.7 Å². The zero-order chi connectivity index (χ0) is 14.5. The molecule has 0 aliphatic heterocycles. The van der Waals surface area contributed by atoms with Gasteiger partial charge in [0.05, 0.1) is 0 Å². The Kier molecular flexibility index (Phi) is 4.65. The van der Waals surface area contributed by atoms with Gasteiger partial charge in [-0.2, -0.15) is 5.10 Å². The maximum atomic E-state index is 5.29. The summed E-state index contributed by atoms with van der Waals surface area (Å²) in [5, 5.41) is 8.16. The molecule has 0 amide bonds. The molecule has 21 heavy (non-hydrogen) atoms. The average Bonchev–Trinajstić information content (AvgIpc) is 3.10. The van der Waals surface area contributed by atoms with Crippen LogP contribution in [0, 0.1) is 11.8 Å². The van der Waals surface area contributed by atoms with Crippen LogP contribution < -0.4 is 10.7 Å². The second-order valence-corrected chi connectivity index (χ2v) is 6.32. The molecule has 110 valence electrons. The first-order chi connectivity index (χ1) is 10.3. The number of allylic oxidation sites excluding steroid dienone is 1. The van der Waals surface area contributed by atoms with Gasteiger partial charge in [-0.05, 0) is 55.0 Å². The molecule has 3 rings (SSSR count). The van der Waals surface area contributed by atoms with Crippen molar-refractivity contribution in [2.75, 3.05) is 0 Å². The van der Waals surface area contributed by atoms with Crippen LogP contribution in [0.25, 0.3) is 6.08 Å². The Morgan fingerprint density at radius 1 is 1.19 bits per heavy atom. The van der Waals surface area contributed by atoms with Crippen molar-refractivity contribution in [3.8, 4) is 0 Å². The third-order valence-corrected chi connectivity index (χ3v) is 4.68. The van der Waals surface area contributed by atoms with E-state index in [2.05, 4.69) is 28.0 Å². The second-order valence-electron chi connectivity index (χ2n) is 5.91. The van der Waals surface area contributed by atoms with Crippen molar-refractivity contribution in [3.63, 3.8) is 0 Å². The molecule has 2 N–H and O–H groups in total. The molecule has 4 heteroatoms. The Morgan fingerprint density at radius 3 is 2.76 bits per heavy atom. The highest BCUT2D eigenvalue weighted by Crippen LogP contribution is 2.44. The third-order valence-electron chi connectivity index (χ3n) is 4.47. The molecule has 3 nitrogen and oxygen atoms in total. The first kappa shape index (κ1) is 14.3. The summed E-state index contributed by atoms with van der Waals surface area (Å²) in [6, 6.07) is 10.7. The summed E-state index contributed by atoms with van der Waals surface area (Å²) in [5.74, 6) is 1.74. The highest BCUT2D eigenvalue weighted by Gasteiger charge is 2.39. The maximum Gasteiger partial charge on any atom is 0.187 e. The van der Waals surface area contributed by atoms with Gasteiger partial charge in [0.25, 0.3) is 0 Å². The molecule has 0 spiro atoms. The third kappa shape index (κ3) is 3.91. The minimum atomic E-state index is 0.554. The zero-order valence-corrected chi connectivity index (χ0v) is 12.9. The van der Waals surface area contributed by atoms with Crippen LogP contribution in [0.15, 0.2) is 41.5 Å². The van der Waals surface area contributed by atoms with Gasteiger partial charge < -0.3 is 5.32 Å². The molecular weight excluding hydrogens is 278 g/mol. The summed E-state index contributed by atoms with van der Waals surface area (Å²) in [5.41, 5.74) is 4.05. The fraction of sp³-hybridized carbons (Fsp3) is 0.412. The molecule has 0 aromatic heterocycles. The number of benzene rings is 1. The quantitative estimate of drug-likeness (QED) is 0.508. The SMILES string of the molecule is S=C(N/N=C\C=C\c1ccccc1)N[C@@H]1C[C@@H]2CC[C@@H]1C2. The Balaban J connectivity index is 1.39. The van der Waals surface area contributed by atoms with Gasteiger partial charge in [0.2, 0.25) is 0 Å². The van der Waals surface area contributed by atoms with Crippen LogP contribution in [0.1, 0.15) is 31.2 Å². The van der Waals surface area contributed by atoms with Crippen LogP contribution in [0.3, 0.4) is 0 Å². The number of fused-ring (bicyclic) bond motifs is 2. The topological polar surface area (TPSA) is 36.4 Å². The molecule has 0 heterocycles. The molecule has 3 atom stereocenters. The Bertz CT molecular complexity index is 538. The smallest absolute Gasteiger partial charge is 0.187 e. The van der Waals surface area contributed by atoms with Gasteiger partial charge in [-0.1, -0.05) is 42.8 Å². The first-order valence-corrected chi connectivity index (χ1v) is 8.03. The fourth-order valence-electron chi connectivity index (χ4n) is 3.48. The van der Waals surface area contributed by atoms with Gasteiger partial charge in [-0.15, -0.1) is 0 Å². The van der Waals surface area contributed by atoms with Crippen LogP contribution in [-0.4, -0.2) is 17.4 Å². The minimum Gasteiger partial charge on any atom is -0.358 e. The van der Waals surface area contributed by atoms with Gasteiger partial charge in [-0.25, -0.2) is 0 Å². The Labute approximate surface area is 131 Å². The summed E-state index contributed by atoms with van der Waals surface area (Å²) in [6.45, 7) is 0. The molecule has 2 fully saturated rings. The van der Waals surface area contributed by atoms with Crippen molar-refractivity contribution in [2.24, 2.45) is 16.9 Å². The average molecular weight is 299 g/mol. The predicted octanol–water partition coefficient (Wildman–Crippen LogP) is 3.34. The number of nitrogens with one attached hydrogen (secondary N) is 2. The predicted molar refractivity (Wildman–Crippen MR) is 92.1 cm³/mol. The van der Waals surface area contributed by atoms with E-state index in [1.54, 1.807) is 6.21 Å². The van der Waals surface area contributed by atoms with E-state index < -0.39 is 0 Å². The first-order valence-electron chi connectivity index (χ1n) is 7.62. The number of hydrogen-bond donors (Lipinski definition) is 2. The molecule has 2 aliphatic carbocycles. The van der Waals surface area contributed by atoms with Crippen LogP contribution in [0.4, 0.5) is 0 Å². The highest BCUT2D eigenvalue weighted by atomic mass is 32.1. The lowest BCUT2D eigenvalue weighted by atomic mass is 9.96. The van der Waals surface area contributed by atoms with Crippen LogP contribution in [0.5, 0.6) is 0 Å². The normalized spacial score (nSPS) is 27.5. The highest BCUT2D eigenvalue weighted by molar-refractivity contribution is 7.80. The molecule has 2 bridgehead atoms. The van der Waals surface area contributed by atoms with Gasteiger partial charge in [0.1, 0.15) is 0 Å². The number of hydrazone groups is 1. The lowest BCUT2D eigenvalue weighted by Gasteiger charge is -2.23. The molecule has 2 aliphatic rings. The Hall–Kier alpha value is -1.68. The van der Waals surface area contributed by atoms with Crippen molar-refractivity contribution >= 4 is 29.6 Å². The van der Waals surface area contributed by atoms with Crippen molar-refractivity contribution in [1.29, 1.82) is 0 Å². The summed E-state index contributed by atoms with van der Waals surface area (Å²) >= 11 is 5.29. The molecule has 1 aromatic rings. The van der Waals surface area contributed by atoms with E-state index in [0.717, 1.165) is 17.4 Å². The second kappa shape index (κ2) is 6.85. The number of thiocarbonyl (C=S) groups is 1. The lowest BCUT2D eigenvalue weighted by Crippen LogP contribution is -2.42. The van der Waals surface area contributed by atoms with Gasteiger partial charge in [0.15, 0.2) is 5.11 Å². The molecule has 2 saturated carbocycles. The molecule has 1 aromatic carbocycles. The standard InChI is InChI=1S/C17H21N3S/c21-17(19-16-12-14-8-9-15(16)11-14)20-18-10-4-7-13-5-2-1-3-6-13/h1-7,10,14-16H,8-9,11-12H2,(H2,19,20,21)/b7-4+,18-10-/t14-,15-,16-/m1/s1. The van der Waals surface area contributed by atoms with Crippen molar-refractivity contribution < 1.29 is 0 Å². The zero-order valence-electron chi connectivity index (χ0n) is 12.0. The number of rotatable bonds is 4. The van der Waals surface area contributed by atoms with Crippen LogP contribution in [0.2, 0.25) is 0 Å². The van der Waals surface area contributed by atoms with E-state index in [9.17, 15) is 0 Å². The van der Waals surface area contributed by atoms with Gasteiger partial charge in [0, 0.05) is 12.3 Å². The van der Waals surface area contributed by atoms with Crippen molar-refractivity contribution in [1.82, 2.24) is 10.7 Å². The van der Waals surface area contributed by atoms with Gasteiger partial charge in [-0.3, -0.25) is 5.43 Å². The molecule has 0 saturated heterocycles. The largest absolute Gasteiger partial charge is 0.358 e. The fourth-order valence-corrected chi connectivity index (χ4v) is 3.68. The molecule has 0 radical (unpaired) electrons. The van der Waals surface area contributed by atoms with E-state index >= 15 is 0 Å². The van der Waals surface area contributed by atoms with Crippen molar-refractivity contribution in [3.05, 3.63) is 42.0 Å². The lowest BCUT2D eigenvalue weighted by molar-refractivity contribution is 0.389. The molecular formula is C17H21N3S. The van der Waals surface area contributed by atoms with E-state index in [0.29, 0.717) is 11.2 Å². The summed E-state index contributed by atoms with van der Waals surface area (Å²) in [7, 11) is 0. The van der Waals surface area contributed by atoms with E-state index in [4.69, 9.17) is 12.2 Å². The summed E-state index contributed by atoms with van der Waals surface area (Å²) in [4.78, 5) is 0.